The van der Waals surface area contributed by atoms with Gasteiger partial charge in [-0.1, -0.05) is 20.8 Å². The van der Waals surface area contributed by atoms with Gasteiger partial charge >= 0.3 is 0 Å². The van der Waals surface area contributed by atoms with Gasteiger partial charge in [0.15, 0.2) is 0 Å². The molecule has 1 amide bonds. The average Bonchev–Trinajstić information content (AvgIpc) is 2.36. The number of carbonyl (C=O) groups excluding carboxylic acids is 1. The third kappa shape index (κ3) is 6.12. The summed E-state index contributed by atoms with van der Waals surface area (Å²) < 4.78 is 0. The molecule has 3 N–H and O–H groups in total. The molecule has 0 saturated carbocycles. The van der Waals surface area contributed by atoms with Crippen LogP contribution in [-0.4, -0.2) is 34.7 Å². The van der Waals surface area contributed by atoms with Gasteiger partial charge in [0, 0.05) is 12.2 Å². The van der Waals surface area contributed by atoms with Gasteiger partial charge in [-0.05, 0) is 37.8 Å². The van der Waals surface area contributed by atoms with Gasteiger partial charge in [-0.15, -0.1) is 0 Å². The molecule has 0 fully saturated rings. The van der Waals surface area contributed by atoms with Crippen LogP contribution in [0.15, 0.2) is 18.3 Å². The highest BCUT2D eigenvalue weighted by atomic mass is 16.3. The Balaban J connectivity index is 2.83. The number of nitrogens with zero attached hydrogens (tertiary/aromatic N) is 1. The van der Waals surface area contributed by atoms with Crippen molar-refractivity contribution in [2.24, 2.45) is 5.41 Å². The van der Waals surface area contributed by atoms with Crippen molar-refractivity contribution in [1.29, 1.82) is 0 Å². The second-order valence-corrected chi connectivity index (χ2v) is 6.82. The normalized spacial score (nSPS) is 13.1. The van der Waals surface area contributed by atoms with Crippen LogP contribution in [0.1, 0.15) is 51.4 Å². The lowest BCUT2D eigenvalue weighted by Gasteiger charge is -2.25. The Morgan fingerprint density at radius 1 is 1.38 bits per heavy atom. The first kappa shape index (κ1) is 17.4. The Labute approximate surface area is 127 Å². The van der Waals surface area contributed by atoms with Crippen molar-refractivity contribution < 1.29 is 9.90 Å². The maximum absolute atomic E-state index is 12.4. The van der Waals surface area contributed by atoms with E-state index in [0.717, 1.165) is 0 Å². The van der Waals surface area contributed by atoms with Gasteiger partial charge in [-0.3, -0.25) is 4.79 Å². The molecular weight excluding hydrogens is 266 g/mol. The van der Waals surface area contributed by atoms with Crippen molar-refractivity contribution in [3.63, 3.8) is 0 Å². The lowest BCUT2D eigenvalue weighted by atomic mass is 9.88. The van der Waals surface area contributed by atoms with E-state index in [1.54, 1.807) is 18.3 Å². The Hall–Kier alpha value is -1.62. The lowest BCUT2D eigenvalue weighted by molar-refractivity contribution is 0.0898. The van der Waals surface area contributed by atoms with Crippen LogP contribution in [0, 0.1) is 5.41 Å². The van der Waals surface area contributed by atoms with Crippen LogP contribution in [0.3, 0.4) is 0 Å². The molecule has 0 aliphatic carbocycles. The molecule has 1 aromatic rings. The SMILES string of the molecule is CC(C)Nc1ncccc1C(=O)NC(CO)CC(C)(C)C. The predicted octanol–water partition coefficient (Wildman–Crippen LogP) is 2.43. The number of anilines is 1. The Morgan fingerprint density at radius 3 is 2.57 bits per heavy atom. The first-order chi connectivity index (χ1) is 9.73. The van der Waals surface area contributed by atoms with E-state index in [2.05, 4.69) is 36.4 Å². The summed E-state index contributed by atoms with van der Waals surface area (Å²) >= 11 is 0. The quantitative estimate of drug-likeness (QED) is 0.753. The van der Waals surface area contributed by atoms with E-state index in [4.69, 9.17) is 0 Å². The van der Waals surface area contributed by atoms with Crippen molar-refractivity contribution in [3.8, 4) is 0 Å². The van der Waals surface area contributed by atoms with Crippen molar-refractivity contribution in [2.75, 3.05) is 11.9 Å². The number of rotatable bonds is 6. The van der Waals surface area contributed by atoms with Gasteiger partial charge in [-0.25, -0.2) is 4.98 Å². The van der Waals surface area contributed by atoms with E-state index in [1.165, 1.54) is 0 Å². The van der Waals surface area contributed by atoms with E-state index in [0.29, 0.717) is 17.8 Å². The van der Waals surface area contributed by atoms with Gasteiger partial charge in [0.25, 0.3) is 5.91 Å². The number of aliphatic hydroxyl groups excluding tert-OH is 1. The molecule has 0 spiro atoms. The maximum atomic E-state index is 12.4. The highest BCUT2D eigenvalue weighted by Crippen LogP contribution is 2.21. The van der Waals surface area contributed by atoms with Crippen molar-refractivity contribution in [2.45, 2.75) is 53.1 Å². The molecule has 0 bridgehead atoms. The second-order valence-electron chi connectivity index (χ2n) is 6.82. The summed E-state index contributed by atoms with van der Waals surface area (Å²) in [5.41, 5.74) is 0.535. The fraction of sp³-hybridized carbons (Fsp3) is 0.625. The summed E-state index contributed by atoms with van der Waals surface area (Å²) in [5.74, 6) is 0.354. The summed E-state index contributed by atoms with van der Waals surface area (Å²) in [5, 5.41) is 15.5. The maximum Gasteiger partial charge on any atom is 0.255 e. The van der Waals surface area contributed by atoms with Gasteiger partial charge in [-0.2, -0.15) is 0 Å². The smallest absolute Gasteiger partial charge is 0.255 e. The molecule has 0 aliphatic heterocycles. The molecule has 1 aromatic heterocycles. The molecule has 21 heavy (non-hydrogen) atoms. The molecule has 118 valence electrons. The van der Waals surface area contributed by atoms with Gasteiger partial charge < -0.3 is 15.7 Å². The van der Waals surface area contributed by atoms with Crippen LogP contribution in [0.25, 0.3) is 0 Å². The fourth-order valence-corrected chi connectivity index (χ4v) is 2.14. The Kier molecular flexibility index (Phi) is 6.15. The Bertz CT molecular complexity index is 467. The molecule has 5 nitrogen and oxygen atoms in total. The van der Waals surface area contributed by atoms with E-state index in [9.17, 15) is 9.90 Å². The first-order valence-corrected chi connectivity index (χ1v) is 7.36. The third-order valence-corrected chi connectivity index (χ3v) is 2.89. The van der Waals surface area contributed by atoms with Crippen LogP contribution in [-0.2, 0) is 0 Å². The highest BCUT2D eigenvalue weighted by molar-refractivity contribution is 5.98. The zero-order valence-electron chi connectivity index (χ0n) is 13.6. The van der Waals surface area contributed by atoms with Crippen molar-refractivity contribution in [1.82, 2.24) is 10.3 Å². The van der Waals surface area contributed by atoms with Crippen molar-refractivity contribution >= 4 is 11.7 Å². The summed E-state index contributed by atoms with van der Waals surface area (Å²) in [6.07, 6.45) is 2.36. The van der Waals surface area contributed by atoms with E-state index in [1.807, 2.05) is 13.8 Å². The zero-order chi connectivity index (χ0) is 16.0. The number of aromatic nitrogens is 1. The molecule has 0 aliphatic rings. The minimum Gasteiger partial charge on any atom is -0.394 e. The van der Waals surface area contributed by atoms with Crippen LogP contribution in [0.2, 0.25) is 0 Å². The number of hydrogen-bond donors (Lipinski definition) is 3. The summed E-state index contributed by atoms with van der Waals surface area (Å²) in [7, 11) is 0. The molecule has 0 radical (unpaired) electrons. The van der Waals surface area contributed by atoms with E-state index < -0.39 is 0 Å². The number of aliphatic hydroxyl groups is 1. The molecule has 0 saturated heterocycles. The molecular formula is C16H27N3O2. The molecule has 1 rings (SSSR count). The lowest BCUT2D eigenvalue weighted by Crippen LogP contribution is -2.40. The number of nitrogens with one attached hydrogen (secondary N) is 2. The topological polar surface area (TPSA) is 74.2 Å². The van der Waals surface area contributed by atoms with Gasteiger partial charge in [0.1, 0.15) is 5.82 Å². The molecule has 1 atom stereocenters. The van der Waals surface area contributed by atoms with Crippen LogP contribution < -0.4 is 10.6 Å². The Morgan fingerprint density at radius 2 is 2.05 bits per heavy atom. The predicted molar refractivity (Wildman–Crippen MR) is 85.4 cm³/mol. The van der Waals surface area contributed by atoms with E-state index in [-0.39, 0.29) is 30.0 Å². The largest absolute Gasteiger partial charge is 0.394 e. The third-order valence-electron chi connectivity index (χ3n) is 2.89. The average molecular weight is 293 g/mol. The molecule has 1 unspecified atom stereocenters. The van der Waals surface area contributed by atoms with Crippen LogP contribution >= 0.6 is 0 Å². The zero-order valence-corrected chi connectivity index (χ0v) is 13.6. The number of carbonyl (C=O) groups is 1. The van der Waals surface area contributed by atoms with E-state index >= 15 is 0 Å². The first-order valence-electron chi connectivity index (χ1n) is 7.36. The monoisotopic (exact) mass is 293 g/mol. The number of pyridine rings is 1. The molecule has 1 heterocycles. The van der Waals surface area contributed by atoms with Gasteiger partial charge in [0.05, 0.1) is 18.2 Å². The fourth-order valence-electron chi connectivity index (χ4n) is 2.14. The minimum atomic E-state index is -0.260. The standard InChI is InChI=1S/C16H27N3O2/c1-11(2)18-14-13(7-6-8-17-14)15(21)19-12(10-20)9-16(3,4)5/h6-8,11-12,20H,9-10H2,1-5H3,(H,17,18)(H,19,21). The second kappa shape index (κ2) is 7.41. The van der Waals surface area contributed by atoms with Gasteiger partial charge in [0.2, 0.25) is 0 Å². The van der Waals surface area contributed by atoms with Crippen LogP contribution in [0.4, 0.5) is 5.82 Å². The van der Waals surface area contributed by atoms with Crippen molar-refractivity contribution in [3.05, 3.63) is 23.9 Å². The number of hydrogen-bond acceptors (Lipinski definition) is 4. The highest BCUT2D eigenvalue weighted by Gasteiger charge is 2.21. The summed E-state index contributed by atoms with van der Waals surface area (Å²) in [6.45, 7) is 10.2. The molecule has 5 heteroatoms. The van der Waals surface area contributed by atoms with Crippen LogP contribution in [0.5, 0.6) is 0 Å². The summed E-state index contributed by atoms with van der Waals surface area (Å²) in [6, 6.07) is 3.40. The molecule has 0 aromatic carbocycles. The number of amides is 1. The minimum absolute atomic E-state index is 0.0363. The summed E-state index contributed by atoms with van der Waals surface area (Å²) in [4.78, 5) is 16.6.